The molecule has 0 saturated heterocycles. The lowest BCUT2D eigenvalue weighted by Crippen LogP contribution is -2.19. The topological polar surface area (TPSA) is 84.1 Å². The minimum absolute atomic E-state index is 0.0113. The standard InChI is InChI=1S/C17H17N3O3S/c1-3-10-8-11-16(22)19-14(20-17(11)24-10)9-15(21)18-12-6-4-5-7-13(12)23-2/h4-8H,3,9H2,1-2H3,(H,18,21)(H,19,20,22). The average Bonchev–Trinajstić information content (AvgIpc) is 2.99. The Labute approximate surface area is 142 Å². The van der Waals surface area contributed by atoms with Crippen molar-refractivity contribution in [3.8, 4) is 5.75 Å². The molecule has 0 aliphatic heterocycles. The molecule has 0 aliphatic rings. The summed E-state index contributed by atoms with van der Waals surface area (Å²) in [5.74, 6) is 0.660. The minimum Gasteiger partial charge on any atom is -0.495 e. The number of fused-ring (bicyclic) bond motifs is 1. The molecular formula is C17H17N3O3S. The van der Waals surface area contributed by atoms with Crippen LogP contribution in [0.25, 0.3) is 10.2 Å². The van der Waals surface area contributed by atoms with Crippen molar-refractivity contribution >= 4 is 33.1 Å². The first-order valence-electron chi connectivity index (χ1n) is 7.55. The Balaban J connectivity index is 1.81. The maximum absolute atomic E-state index is 12.2. The van der Waals surface area contributed by atoms with E-state index >= 15 is 0 Å². The number of aromatic amines is 1. The Morgan fingerprint density at radius 2 is 2.17 bits per heavy atom. The Morgan fingerprint density at radius 1 is 1.38 bits per heavy atom. The molecule has 0 bridgehead atoms. The zero-order chi connectivity index (χ0) is 17.1. The Bertz CT molecular complexity index is 946. The van der Waals surface area contributed by atoms with Gasteiger partial charge >= 0.3 is 0 Å². The number of nitrogens with one attached hydrogen (secondary N) is 2. The zero-order valence-electron chi connectivity index (χ0n) is 13.4. The van der Waals surface area contributed by atoms with Crippen LogP contribution in [0.15, 0.2) is 35.1 Å². The predicted octanol–water partition coefficient (Wildman–Crippen LogP) is 2.74. The molecule has 1 amide bonds. The van der Waals surface area contributed by atoms with E-state index < -0.39 is 0 Å². The van der Waals surface area contributed by atoms with Gasteiger partial charge in [-0.2, -0.15) is 0 Å². The van der Waals surface area contributed by atoms with E-state index in [4.69, 9.17) is 4.74 Å². The highest BCUT2D eigenvalue weighted by molar-refractivity contribution is 7.18. The number of benzene rings is 1. The van der Waals surface area contributed by atoms with Gasteiger partial charge in [0.25, 0.3) is 5.56 Å². The van der Waals surface area contributed by atoms with Crippen LogP contribution in [0.1, 0.15) is 17.6 Å². The van der Waals surface area contributed by atoms with Crippen molar-refractivity contribution in [3.63, 3.8) is 0 Å². The van der Waals surface area contributed by atoms with E-state index in [9.17, 15) is 9.59 Å². The van der Waals surface area contributed by atoms with E-state index in [0.29, 0.717) is 27.5 Å². The van der Waals surface area contributed by atoms with Crippen LogP contribution >= 0.6 is 11.3 Å². The zero-order valence-corrected chi connectivity index (χ0v) is 14.2. The number of thiophene rings is 1. The lowest BCUT2D eigenvalue weighted by atomic mass is 10.2. The number of para-hydroxylation sites is 2. The van der Waals surface area contributed by atoms with Gasteiger partial charge in [0.15, 0.2) is 0 Å². The number of amides is 1. The third-order valence-corrected chi connectivity index (χ3v) is 4.73. The lowest BCUT2D eigenvalue weighted by Gasteiger charge is -2.09. The SMILES string of the molecule is CCc1cc2c(=O)[nH]c(CC(=O)Nc3ccccc3OC)nc2s1. The van der Waals surface area contributed by atoms with Crippen molar-refractivity contribution in [3.05, 3.63) is 51.4 Å². The first-order chi connectivity index (χ1) is 11.6. The fraction of sp³-hybridized carbons (Fsp3) is 0.235. The van der Waals surface area contributed by atoms with Gasteiger partial charge in [0, 0.05) is 4.88 Å². The summed E-state index contributed by atoms with van der Waals surface area (Å²) in [7, 11) is 1.54. The molecular weight excluding hydrogens is 326 g/mol. The first kappa shape index (κ1) is 16.2. The molecule has 0 fully saturated rings. The van der Waals surface area contributed by atoms with Crippen molar-refractivity contribution in [1.29, 1.82) is 0 Å². The van der Waals surface area contributed by atoms with Gasteiger partial charge in [-0.25, -0.2) is 4.98 Å². The second kappa shape index (κ2) is 6.84. The molecule has 1 aromatic carbocycles. The van der Waals surface area contributed by atoms with Crippen LogP contribution < -0.4 is 15.6 Å². The summed E-state index contributed by atoms with van der Waals surface area (Å²) in [6, 6.07) is 9.00. The number of ether oxygens (including phenoxy) is 1. The van der Waals surface area contributed by atoms with Gasteiger partial charge in [-0.05, 0) is 24.6 Å². The number of nitrogens with zero attached hydrogens (tertiary/aromatic N) is 1. The third-order valence-electron chi connectivity index (χ3n) is 3.56. The number of anilines is 1. The second-order valence-corrected chi connectivity index (χ2v) is 6.34. The fourth-order valence-electron chi connectivity index (χ4n) is 2.38. The molecule has 24 heavy (non-hydrogen) atoms. The largest absolute Gasteiger partial charge is 0.495 e. The summed E-state index contributed by atoms with van der Waals surface area (Å²) in [6.45, 7) is 2.03. The number of aromatic nitrogens is 2. The average molecular weight is 343 g/mol. The molecule has 0 atom stereocenters. The van der Waals surface area contributed by atoms with Gasteiger partial charge in [-0.3, -0.25) is 9.59 Å². The molecule has 7 heteroatoms. The van der Waals surface area contributed by atoms with Crippen molar-refractivity contribution < 1.29 is 9.53 Å². The number of H-pyrrole nitrogens is 1. The molecule has 0 spiro atoms. The molecule has 2 heterocycles. The molecule has 0 unspecified atom stereocenters. The lowest BCUT2D eigenvalue weighted by molar-refractivity contribution is -0.115. The first-order valence-corrected chi connectivity index (χ1v) is 8.37. The Hall–Kier alpha value is -2.67. The van der Waals surface area contributed by atoms with Crippen LogP contribution in [0, 0.1) is 0 Å². The van der Waals surface area contributed by atoms with Gasteiger partial charge in [-0.15, -0.1) is 11.3 Å². The normalized spacial score (nSPS) is 10.8. The molecule has 124 valence electrons. The summed E-state index contributed by atoms with van der Waals surface area (Å²) >= 11 is 1.48. The molecule has 0 saturated carbocycles. The summed E-state index contributed by atoms with van der Waals surface area (Å²) in [5.41, 5.74) is 0.369. The quantitative estimate of drug-likeness (QED) is 0.746. The number of aryl methyl sites for hydroxylation is 1. The van der Waals surface area contributed by atoms with E-state index in [1.807, 2.05) is 25.1 Å². The van der Waals surface area contributed by atoms with Crippen LogP contribution in [0.4, 0.5) is 5.69 Å². The van der Waals surface area contributed by atoms with Crippen LogP contribution in [0.2, 0.25) is 0 Å². The van der Waals surface area contributed by atoms with Crippen LogP contribution in [-0.4, -0.2) is 23.0 Å². The molecule has 0 radical (unpaired) electrons. The van der Waals surface area contributed by atoms with E-state index in [1.54, 1.807) is 19.2 Å². The highest BCUT2D eigenvalue weighted by Gasteiger charge is 2.12. The van der Waals surface area contributed by atoms with Gasteiger partial charge in [0.05, 0.1) is 24.6 Å². The van der Waals surface area contributed by atoms with E-state index in [0.717, 1.165) is 11.3 Å². The summed E-state index contributed by atoms with van der Waals surface area (Å²) in [5, 5.41) is 3.35. The number of hydrogen-bond acceptors (Lipinski definition) is 5. The van der Waals surface area contributed by atoms with Crippen molar-refractivity contribution in [2.24, 2.45) is 0 Å². The Kier molecular flexibility index (Phi) is 4.61. The monoisotopic (exact) mass is 343 g/mol. The summed E-state index contributed by atoms with van der Waals surface area (Å²) in [6.07, 6.45) is 0.840. The van der Waals surface area contributed by atoms with Gasteiger partial charge in [0.1, 0.15) is 16.4 Å². The van der Waals surface area contributed by atoms with Crippen molar-refractivity contribution in [2.45, 2.75) is 19.8 Å². The van der Waals surface area contributed by atoms with Gasteiger partial charge < -0.3 is 15.0 Å². The minimum atomic E-state index is -0.269. The highest BCUT2D eigenvalue weighted by atomic mass is 32.1. The fourth-order valence-corrected chi connectivity index (χ4v) is 3.37. The molecule has 2 N–H and O–H groups in total. The highest BCUT2D eigenvalue weighted by Crippen LogP contribution is 2.23. The van der Waals surface area contributed by atoms with Crippen LogP contribution in [0.5, 0.6) is 5.75 Å². The van der Waals surface area contributed by atoms with Gasteiger partial charge in [0.2, 0.25) is 5.91 Å². The summed E-state index contributed by atoms with van der Waals surface area (Å²) < 4.78 is 5.20. The Morgan fingerprint density at radius 3 is 2.92 bits per heavy atom. The summed E-state index contributed by atoms with van der Waals surface area (Å²) in [4.78, 5) is 33.2. The number of carbonyl (C=O) groups is 1. The second-order valence-electron chi connectivity index (χ2n) is 5.22. The van der Waals surface area contributed by atoms with E-state index in [1.165, 1.54) is 11.3 Å². The molecule has 6 nitrogen and oxygen atoms in total. The van der Waals surface area contributed by atoms with E-state index in [2.05, 4.69) is 15.3 Å². The number of rotatable bonds is 5. The maximum atomic E-state index is 12.2. The number of methoxy groups -OCH3 is 1. The maximum Gasteiger partial charge on any atom is 0.259 e. The molecule has 3 aromatic rings. The molecule has 2 aromatic heterocycles. The smallest absolute Gasteiger partial charge is 0.259 e. The van der Waals surface area contributed by atoms with Gasteiger partial charge in [-0.1, -0.05) is 19.1 Å². The van der Waals surface area contributed by atoms with Crippen LogP contribution in [0.3, 0.4) is 0 Å². The predicted molar refractivity (Wildman–Crippen MR) is 94.9 cm³/mol. The molecule has 0 aliphatic carbocycles. The number of hydrogen-bond donors (Lipinski definition) is 2. The van der Waals surface area contributed by atoms with E-state index in [-0.39, 0.29) is 17.9 Å². The number of carbonyl (C=O) groups excluding carboxylic acids is 1. The van der Waals surface area contributed by atoms with Crippen molar-refractivity contribution in [2.75, 3.05) is 12.4 Å². The third kappa shape index (κ3) is 3.30. The van der Waals surface area contributed by atoms with Crippen molar-refractivity contribution in [1.82, 2.24) is 9.97 Å². The van der Waals surface area contributed by atoms with Crippen LogP contribution in [-0.2, 0) is 17.6 Å². The molecule has 3 rings (SSSR count).